The van der Waals surface area contributed by atoms with Gasteiger partial charge in [-0.3, -0.25) is 9.48 Å². The lowest BCUT2D eigenvalue weighted by Gasteiger charge is -2.35. The number of alkyl halides is 3. The second-order valence-corrected chi connectivity index (χ2v) is 7.77. The van der Waals surface area contributed by atoms with Gasteiger partial charge in [-0.25, -0.2) is 9.37 Å². The summed E-state index contributed by atoms with van der Waals surface area (Å²) in [7, 11) is 0. The van der Waals surface area contributed by atoms with E-state index in [2.05, 4.69) is 10.1 Å². The molecule has 6 nitrogen and oxygen atoms in total. The predicted octanol–water partition coefficient (Wildman–Crippen LogP) is 4.36. The Morgan fingerprint density at radius 3 is 2.58 bits per heavy atom. The molecule has 1 aliphatic heterocycles. The summed E-state index contributed by atoms with van der Waals surface area (Å²) < 4.78 is 57.2. The van der Waals surface area contributed by atoms with Crippen LogP contribution in [0.1, 0.15) is 28.7 Å². The molecule has 0 aliphatic carbocycles. The topological polar surface area (TPSA) is 72.9 Å². The number of imidazole rings is 1. The van der Waals surface area contributed by atoms with Crippen LogP contribution in [-0.4, -0.2) is 24.4 Å². The molecule has 10 heteroatoms. The van der Waals surface area contributed by atoms with E-state index in [1.165, 1.54) is 41.2 Å². The van der Waals surface area contributed by atoms with Gasteiger partial charge in [-0.05, 0) is 29.3 Å². The highest BCUT2D eigenvalue weighted by Crippen LogP contribution is 2.43. The summed E-state index contributed by atoms with van der Waals surface area (Å²) in [5, 5.41) is 14.7. The van der Waals surface area contributed by atoms with E-state index in [0.717, 1.165) is 18.3 Å². The van der Waals surface area contributed by atoms with Crippen LogP contribution >= 0.6 is 0 Å². The fourth-order valence-corrected chi connectivity index (χ4v) is 4.33. The minimum atomic E-state index is -4.55. The van der Waals surface area contributed by atoms with Crippen LogP contribution in [0.4, 0.5) is 17.6 Å². The number of aromatic hydroxyl groups is 1. The fourth-order valence-electron chi connectivity index (χ4n) is 4.33. The number of hydrogen-bond acceptors (Lipinski definition) is 4. The molecule has 4 aromatic rings. The van der Waals surface area contributed by atoms with E-state index in [-0.39, 0.29) is 12.2 Å². The van der Waals surface area contributed by atoms with Gasteiger partial charge in [0.2, 0.25) is 5.43 Å². The Morgan fingerprint density at radius 1 is 1.09 bits per heavy atom. The second kappa shape index (κ2) is 7.58. The summed E-state index contributed by atoms with van der Waals surface area (Å²) in [6, 6.07) is 9.75. The van der Waals surface area contributed by atoms with Gasteiger partial charge in [0, 0.05) is 24.9 Å². The monoisotopic (exact) mass is 456 g/mol. The molecule has 0 radical (unpaired) electrons. The van der Waals surface area contributed by atoms with E-state index in [9.17, 15) is 27.5 Å². The Labute approximate surface area is 184 Å². The normalized spacial score (nSPS) is 16.2. The molecule has 0 saturated heterocycles. The van der Waals surface area contributed by atoms with Crippen molar-refractivity contribution in [1.29, 1.82) is 0 Å². The largest absolute Gasteiger partial charge is 0.503 e. The number of halogens is 4. The Hall–Kier alpha value is -3.95. The highest BCUT2D eigenvalue weighted by Gasteiger charge is 2.37. The van der Waals surface area contributed by atoms with Crippen LogP contribution < -0.4 is 5.43 Å². The molecule has 1 aliphatic rings. The van der Waals surface area contributed by atoms with E-state index in [1.807, 2.05) is 0 Å². The molecule has 2 atom stereocenters. The molecule has 168 valence electrons. The predicted molar refractivity (Wildman–Crippen MR) is 110 cm³/mol. The first kappa shape index (κ1) is 20.9. The quantitative estimate of drug-likeness (QED) is 0.465. The molecule has 2 aromatic heterocycles. The van der Waals surface area contributed by atoms with Gasteiger partial charge in [0.1, 0.15) is 11.5 Å². The van der Waals surface area contributed by atoms with E-state index in [1.54, 1.807) is 16.8 Å². The van der Waals surface area contributed by atoms with Gasteiger partial charge in [0.05, 0.1) is 17.8 Å². The Bertz CT molecular complexity index is 1390. The van der Waals surface area contributed by atoms with Crippen molar-refractivity contribution in [2.45, 2.75) is 24.7 Å². The SMILES string of the molecule is O=c1cnn2c(c1O)-c1nccn1C[C@@H]2[C@@H](c1ccc(F)cc1)c1cccc(C(F)(F)F)c1. The minimum absolute atomic E-state index is 0.0721. The standard InChI is InChI=1S/C23H16F4N4O2/c24-16-6-4-13(5-7-16)19(14-2-1-3-15(10-14)23(25,26)27)17-12-30-9-8-28-22(30)20-21(33)18(32)11-29-31(17)20/h1-11,17,19,33H,12H2/t17-,19+/m1/s1. The molecule has 0 saturated carbocycles. The van der Waals surface area contributed by atoms with Gasteiger partial charge < -0.3 is 9.67 Å². The van der Waals surface area contributed by atoms with Crippen molar-refractivity contribution in [3.05, 3.63) is 99.9 Å². The number of nitrogens with zero attached hydrogens (tertiary/aromatic N) is 4. The molecular formula is C23H16F4N4O2. The maximum atomic E-state index is 13.7. The van der Waals surface area contributed by atoms with Crippen molar-refractivity contribution in [3.8, 4) is 17.3 Å². The zero-order valence-electron chi connectivity index (χ0n) is 16.9. The maximum absolute atomic E-state index is 13.7. The number of rotatable bonds is 3. The molecule has 0 amide bonds. The van der Waals surface area contributed by atoms with Crippen LogP contribution in [0.2, 0.25) is 0 Å². The molecule has 3 heterocycles. The number of hydrogen-bond donors (Lipinski definition) is 1. The molecule has 5 rings (SSSR count). The summed E-state index contributed by atoms with van der Waals surface area (Å²) in [5.41, 5.74) is -0.565. The summed E-state index contributed by atoms with van der Waals surface area (Å²) in [4.78, 5) is 16.3. The Morgan fingerprint density at radius 2 is 1.85 bits per heavy atom. The highest BCUT2D eigenvalue weighted by atomic mass is 19.4. The van der Waals surface area contributed by atoms with Gasteiger partial charge in [0.25, 0.3) is 0 Å². The molecule has 33 heavy (non-hydrogen) atoms. The molecule has 0 spiro atoms. The van der Waals surface area contributed by atoms with Crippen LogP contribution in [0, 0.1) is 5.82 Å². The van der Waals surface area contributed by atoms with Crippen molar-refractivity contribution in [2.24, 2.45) is 0 Å². The maximum Gasteiger partial charge on any atom is 0.416 e. The van der Waals surface area contributed by atoms with Crippen LogP contribution in [-0.2, 0) is 12.7 Å². The van der Waals surface area contributed by atoms with Crippen molar-refractivity contribution in [2.75, 3.05) is 0 Å². The summed E-state index contributed by atoms with van der Waals surface area (Å²) >= 11 is 0. The molecule has 0 bridgehead atoms. The van der Waals surface area contributed by atoms with Crippen molar-refractivity contribution in [1.82, 2.24) is 19.3 Å². The fraction of sp³-hybridized carbons (Fsp3) is 0.174. The van der Waals surface area contributed by atoms with Gasteiger partial charge in [-0.15, -0.1) is 0 Å². The van der Waals surface area contributed by atoms with Crippen LogP contribution in [0.3, 0.4) is 0 Å². The zero-order chi connectivity index (χ0) is 23.3. The van der Waals surface area contributed by atoms with Gasteiger partial charge in [0.15, 0.2) is 11.6 Å². The third-order valence-corrected chi connectivity index (χ3v) is 5.80. The lowest BCUT2D eigenvalue weighted by Crippen LogP contribution is -2.32. The number of benzene rings is 2. The summed E-state index contributed by atoms with van der Waals surface area (Å²) in [6.45, 7) is 0.246. The smallest absolute Gasteiger partial charge is 0.416 e. The summed E-state index contributed by atoms with van der Waals surface area (Å²) in [6.07, 6.45) is -0.447. The first-order chi connectivity index (χ1) is 15.7. The van der Waals surface area contributed by atoms with Crippen LogP contribution in [0.5, 0.6) is 5.75 Å². The molecule has 1 N–H and O–H groups in total. The van der Waals surface area contributed by atoms with Crippen molar-refractivity contribution >= 4 is 0 Å². The zero-order valence-corrected chi connectivity index (χ0v) is 16.9. The van der Waals surface area contributed by atoms with Gasteiger partial charge in [-0.2, -0.15) is 18.3 Å². The Kier molecular flexibility index (Phi) is 4.80. The average Bonchev–Trinajstić information content (AvgIpc) is 3.25. The van der Waals surface area contributed by atoms with E-state index in [0.29, 0.717) is 17.0 Å². The Balaban J connectivity index is 1.75. The number of fused-ring (bicyclic) bond motifs is 3. The molecular weight excluding hydrogens is 440 g/mol. The lowest BCUT2D eigenvalue weighted by molar-refractivity contribution is -0.137. The van der Waals surface area contributed by atoms with Crippen LogP contribution in [0.25, 0.3) is 11.5 Å². The molecule has 0 unspecified atom stereocenters. The first-order valence-corrected chi connectivity index (χ1v) is 9.99. The molecule has 2 aromatic carbocycles. The highest BCUT2D eigenvalue weighted by molar-refractivity contribution is 5.60. The van der Waals surface area contributed by atoms with E-state index >= 15 is 0 Å². The van der Waals surface area contributed by atoms with E-state index < -0.39 is 40.7 Å². The van der Waals surface area contributed by atoms with Gasteiger partial charge >= 0.3 is 6.18 Å². The summed E-state index contributed by atoms with van der Waals surface area (Å²) in [5.74, 6) is -1.43. The van der Waals surface area contributed by atoms with E-state index in [4.69, 9.17) is 0 Å². The van der Waals surface area contributed by atoms with Crippen molar-refractivity contribution < 1.29 is 22.7 Å². The van der Waals surface area contributed by atoms with Crippen LogP contribution in [0.15, 0.2) is 71.9 Å². The molecule has 0 fully saturated rings. The lowest BCUT2D eigenvalue weighted by atomic mass is 9.83. The second-order valence-electron chi connectivity index (χ2n) is 7.77. The number of aromatic nitrogens is 4. The first-order valence-electron chi connectivity index (χ1n) is 9.99. The third-order valence-electron chi connectivity index (χ3n) is 5.80. The van der Waals surface area contributed by atoms with Gasteiger partial charge in [-0.1, -0.05) is 30.3 Å². The van der Waals surface area contributed by atoms with Crippen molar-refractivity contribution in [3.63, 3.8) is 0 Å². The average molecular weight is 456 g/mol. The minimum Gasteiger partial charge on any atom is -0.503 e. The third kappa shape index (κ3) is 3.57.